The van der Waals surface area contributed by atoms with E-state index < -0.39 is 11.6 Å². The Morgan fingerprint density at radius 3 is 2.77 bits per heavy atom. The van der Waals surface area contributed by atoms with Gasteiger partial charge >= 0.3 is 6.03 Å². The second-order valence-electron chi connectivity index (χ2n) is 7.22. The Hall–Kier alpha value is -2.83. The van der Waals surface area contributed by atoms with Crippen molar-refractivity contribution in [2.24, 2.45) is 0 Å². The first kappa shape index (κ1) is 16.6. The molecule has 2 aromatic rings. The molecule has 2 heterocycles. The van der Waals surface area contributed by atoms with Gasteiger partial charge in [0.25, 0.3) is 5.91 Å². The Kier molecular flexibility index (Phi) is 3.94. The van der Waals surface area contributed by atoms with Gasteiger partial charge in [-0.25, -0.2) is 4.79 Å². The van der Waals surface area contributed by atoms with Crippen LogP contribution in [-0.4, -0.2) is 51.8 Å². The first-order chi connectivity index (χ1) is 12.5. The summed E-state index contributed by atoms with van der Waals surface area (Å²) in [6.07, 6.45) is 5.04. The molecular formula is C19H22N4O3. The molecule has 1 aliphatic carbocycles. The van der Waals surface area contributed by atoms with Crippen molar-refractivity contribution in [3.05, 3.63) is 36.0 Å². The van der Waals surface area contributed by atoms with Gasteiger partial charge < -0.3 is 15.2 Å². The molecule has 0 unspecified atom stereocenters. The average molecular weight is 354 g/mol. The summed E-state index contributed by atoms with van der Waals surface area (Å²) in [6.45, 7) is 0.203. The number of imide groups is 1. The molecule has 4 amide bonds. The first-order valence-corrected chi connectivity index (χ1v) is 8.93. The summed E-state index contributed by atoms with van der Waals surface area (Å²) in [4.78, 5) is 43.3. The molecule has 26 heavy (non-hydrogen) atoms. The van der Waals surface area contributed by atoms with Crippen molar-refractivity contribution in [3.8, 4) is 0 Å². The third-order valence-corrected chi connectivity index (χ3v) is 5.51. The maximum Gasteiger partial charge on any atom is 0.325 e. The number of aromatic amines is 1. The van der Waals surface area contributed by atoms with Crippen LogP contribution in [0, 0.1) is 0 Å². The molecule has 7 heteroatoms. The number of carbonyl (C=O) groups excluding carboxylic acids is 3. The van der Waals surface area contributed by atoms with Crippen molar-refractivity contribution in [3.63, 3.8) is 0 Å². The standard InChI is InChI=1S/C19H22N4O3/c1-22(11-13-5-4-6-15-14(13)7-10-20-15)16(24)12-23-17(25)19(21-18(23)26)8-2-3-9-19/h4-7,10,20H,2-3,8-9,11-12H2,1H3,(H,21,26). The highest BCUT2D eigenvalue weighted by Gasteiger charge is 2.52. The van der Waals surface area contributed by atoms with E-state index in [1.54, 1.807) is 11.9 Å². The number of hydrogen-bond acceptors (Lipinski definition) is 3. The van der Waals surface area contributed by atoms with Crippen molar-refractivity contribution in [1.82, 2.24) is 20.1 Å². The number of carbonyl (C=O) groups is 3. The lowest BCUT2D eigenvalue weighted by Crippen LogP contribution is -2.45. The number of hydrogen-bond donors (Lipinski definition) is 2. The van der Waals surface area contributed by atoms with Crippen molar-refractivity contribution in [2.45, 2.75) is 37.8 Å². The molecule has 136 valence electrons. The number of likely N-dealkylation sites (N-methyl/N-ethyl adjacent to an activating group) is 1. The van der Waals surface area contributed by atoms with Gasteiger partial charge in [0.2, 0.25) is 5.91 Å². The zero-order chi connectivity index (χ0) is 18.3. The minimum absolute atomic E-state index is 0.216. The van der Waals surface area contributed by atoms with E-state index in [1.807, 2.05) is 30.5 Å². The summed E-state index contributed by atoms with van der Waals surface area (Å²) in [6, 6.07) is 7.42. The number of rotatable bonds is 4. The molecule has 1 aromatic heterocycles. The molecule has 1 spiro atoms. The molecule has 0 atom stereocenters. The van der Waals surface area contributed by atoms with Crippen LogP contribution in [0.5, 0.6) is 0 Å². The summed E-state index contributed by atoms with van der Waals surface area (Å²) in [7, 11) is 1.69. The predicted octanol–water partition coefficient (Wildman–Crippen LogP) is 1.99. The fourth-order valence-electron chi connectivity index (χ4n) is 4.03. The molecule has 1 saturated carbocycles. The summed E-state index contributed by atoms with van der Waals surface area (Å²) in [5, 5.41) is 3.87. The van der Waals surface area contributed by atoms with Crippen molar-refractivity contribution in [2.75, 3.05) is 13.6 Å². The van der Waals surface area contributed by atoms with Gasteiger partial charge in [0, 0.05) is 30.7 Å². The fraction of sp³-hybridized carbons (Fsp3) is 0.421. The number of benzene rings is 1. The summed E-state index contributed by atoms with van der Waals surface area (Å²) < 4.78 is 0. The van der Waals surface area contributed by atoms with Gasteiger partial charge in [-0.15, -0.1) is 0 Å². The van der Waals surface area contributed by atoms with Gasteiger partial charge in [0.1, 0.15) is 12.1 Å². The van der Waals surface area contributed by atoms with Gasteiger partial charge in [-0.05, 0) is 30.5 Å². The third kappa shape index (κ3) is 2.64. The van der Waals surface area contributed by atoms with Crippen LogP contribution in [0.3, 0.4) is 0 Å². The second kappa shape index (κ2) is 6.16. The van der Waals surface area contributed by atoms with E-state index >= 15 is 0 Å². The number of amides is 4. The van der Waals surface area contributed by atoms with Gasteiger partial charge in [-0.1, -0.05) is 25.0 Å². The van der Waals surface area contributed by atoms with Crippen LogP contribution in [0.2, 0.25) is 0 Å². The highest BCUT2D eigenvalue weighted by atomic mass is 16.2. The molecule has 1 aromatic carbocycles. The predicted molar refractivity (Wildman–Crippen MR) is 96.2 cm³/mol. The number of H-pyrrole nitrogens is 1. The van der Waals surface area contributed by atoms with Crippen LogP contribution in [0.15, 0.2) is 30.5 Å². The molecule has 4 rings (SSSR count). The lowest BCUT2D eigenvalue weighted by molar-refractivity contribution is -0.138. The molecule has 7 nitrogen and oxygen atoms in total. The van der Waals surface area contributed by atoms with Gasteiger partial charge in [-0.2, -0.15) is 0 Å². The Bertz CT molecular complexity index is 882. The third-order valence-electron chi connectivity index (χ3n) is 5.51. The summed E-state index contributed by atoms with van der Waals surface area (Å²) in [5.41, 5.74) is 1.26. The molecule has 1 saturated heterocycles. The molecule has 2 N–H and O–H groups in total. The van der Waals surface area contributed by atoms with Crippen LogP contribution < -0.4 is 5.32 Å². The summed E-state index contributed by atoms with van der Waals surface area (Å²) in [5.74, 6) is -0.509. The molecular weight excluding hydrogens is 332 g/mol. The van der Waals surface area contributed by atoms with Gasteiger partial charge in [0.05, 0.1) is 0 Å². The molecule has 2 aliphatic rings. The Morgan fingerprint density at radius 1 is 1.23 bits per heavy atom. The smallest absolute Gasteiger partial charge is 0.325 e. The zero-order valence-corrected chi connectivity index (χ0v) is 14.7. The molecule has 1 aliphatic heterocycles. The monoisotopic (exact) mass is 354 g/mol. The van der Waals surface area contributed by atoms with E-state index in [0.717, 1.165) is 34.2 Å². The minimum atomic E-state index is -0.771. The normalized spacial score (nSPS) is 18.7. The Labute approximate surface area is 151 Å². The number of aromatic nitrogens is 1. The SMILES string of the molecule is CN(Cc1cccc2[nH]ccc12)C(=O)CN1C(=O)NC2(CCCC2)C1=O. The maximum absolute atomic E-state index is 12.7. The van der Waals surface area contributed by atoms with E-state index in [9.17, 15) is 14.4 Å². The molecule has 0 bridgehead atoms. The summed E-state index contributed by atoms with van der Waals surface area (Å²) >= 11 is 0. The minimum Gasteiger partial charge on any atom is -0.361 e. The van der Waals surface area contributed by atoms with Crippen LogP contribution in [0.1, 0.15) is 31.2 Å². The van der Waals surface area contributed by atoms with E-state index in [2.05, 4.69) is 10.3 Å². The average Bonchev–Trinajstić information content (AvgIpc) is 3.32. The lowest BCUT2D eigenvalue weighted by Gasteiger charge is -2.22. The maximum atomic E-state index is 12.7. The van der Waals surface area contributed by atoms with Crippen molar-refractivity contribution in [1.29, 1.82) is 0 Å². The van der Waals surface area contributed by atoms with E-state index in [4.69, 9.17) is 0 Å². The largest absolute Gasteiger partial charge is 0.361 e. The van der Waals surface area contributed by atoms with Crippen molar-refractivity contribution >= 4 is 28.7 Å². The van der Waals surface area contributed by atoms with Crippen LogP contribution in [0.25, 0.3) is 10.9 Å². The Morgan fingerprint density at radius 2 is 2.00 bits per heavy atom. The Balaban J connectivity index is 1.45. The van der Waals surface area contributed by atoms with E-state index in [1.165, 1.54) is 0 Å². The van der Waals surface area contributed by atoms with Crippen LogP contribution >= 0.6 is 0 Å². The number of urea groups is 1. The quantitative estimate of drug-likeness (QED) is 0.824. The molecule has 2 fully saturated rings. The number of nitrogens with one attached hydrogen (secondary N) is 2. The van der Waals surface area contributed by atoms with Gasteiger partial charge in [0.15, 0.2) is 0 Å². The second-order valence-corrected chi connectivity index (χ2v) is 7.22. The number of fused-ring (bicyclic) bond motifs is 1. The van der Waals surface area contributed by atoms with Crippen LogP contribution in [-0.2, 0) is 16.1 Å². The fourth-order valence-corrected chi connectivity index (χ4v) is 4.03. The lowest BCUT2D eigenvalue weighted by atomic mass is 9.98. The van der Waals surface area contributed by atoms with Gasteiger partial charge in [-0.3, -0.25) is 14.5 Å². The molecule has 0 radical (unpaired) electrons. The van der Waals surface area contributed by atoms with E-state index in [-0.39, 0.29) is 18.4 Å². The van der Waals surface area contributed by atoms with Crippen molar-refractivity contribution < 1.29 is 14.4 Å². The first-order valence-electron chi connectivity index (χ1n) is 8.93. The van der Waals surface area contributed by atoms with Crippen LogP contribution in [0.4, 0.5) is 4.79 Å². The van der Waals surface area contributed by atoms with E-state index in [0.29, 0.717) is 19.4 Å². The zero-order valence-electron chi connectivity index (χ0n) is 14.7. The highest BCUT2D eigenvalue weighted by Crippen LogP contribution is 2.35. The topological polar surface area (TPSA) is 85.5 Å². The number of nitrogens with zero attached hydrogens (tertiary/aromatic N) is 2. The highest BCUT2D eigenvalue weighted by molar-refractivity contribution is 6.09.